The Morgan fingerprint density at radius 3 is 2.33 bits per heavy atom. The average Bonchev–Trinajstić information content (AvgIpc) is 3.03. The third-order valence-corrected chi connectivity index (χ3v) is 3.40. The highest BCUT2D eigenvalue weighted by Crippen LogP contribution is 2.18. The molecule has 1 atom stereocenters. The molecule has 0 saturated heterocycles. The quantitative estimate of drug-likeness (QED) is 0.777. The minimum Gasteiger partial charge on any atom is -0.339 e. The standard InChI is InChI=1S/C17H17N3O/c18-15(13-7-3-1-4-8-13)11-12-16-19-17(20-21-16)14-9-5-2-6-10-14/h1-10,15H,11-12,18H2. The maximum Gasteiger partial charge on any atom is 0.227 e. The molecule has 4 nitrogen and oxygen atoms in total. The average molecular weight is 279 g/mol. The van der Waals surface area contributed by atoms with E-state index in [-0.39, 0.29) is 6.04 Å². The second-order valence-corrected chi connectivity index (χ2v) is 4.93. The van der Waals surface area contributed by atoms with Crippen molar-refractivity contribution in [3.63, 3.8) is 0 Å². The van der Waals surface area contributed by atoms with Gasteiger partial charge in [0.25, 0.3) is 0 Å². The van der Waals surface area contributed by atoms with Gasteiger partial charge in [-0.2, -0.15) is 4.98 Å². The van der Waals surface area contributed by atoms with E-state index in [1.54, 1.807) is 0 Å². The molecule has 1 heterocycles. The summed E-state index contributed by atoms with van der Waals surface area (Å²) >= 11 is 0. The van der Waals surface area contributed by atoms with Gasteiger partial charge in [-0.25, -0.2) is 0 Å². The highest BCUT2D eigenvalue weighted by atomic mass is 16.5. The topological polar surface area (TPSA) is 64.9 Å². The summed E-state index contributed by atoms with van der Waals surface area (Å²) in [6.07, 6.45) is 1.45. The molecule has 0 saturated carbocycles. The minimum absolute atomic E-state index is 0.0155. The number of rotatable bonds is 5. The van der Waals surface area contributed by atoms with Gasteiger partial charge in [0.05, 0.1) is 0 Å². The molecule has 3 rings (SSSR count). The van der Waals surface area contributed by atoms with Crippen molar-refractivity contribution in [3.05, 3.63) is 72.1 Å². The van der Waals surface area contributed by atoms with E-state index in [0.29, 0.717) is 18.1 Å². The van der Waals surface area contributed by atoms with Crippen molar-refractivity contribution in [2.75, 3.05) is 0 Å². The fourth-order valence-corrected chi connectivity index (χ4v) is 2.21. The minimum atomic E-state index is -0.0155. The van der Waals surface area contributed by atoms with Crippen molar-refractivity contribution in [2.45, 2.75) is 18.9 Å². The number of aryl methyl sites for hydroxylation is 1. The van der Waals surface area contributed by atoms with E-state index in [2.05, 4.69) is 10.1 Å². The van der Waals surface area contributed by atoms with Crippen molar-refractivity contribution in [1.82, 2.24) is 10.1 Å². The molecule has 0 radical (unpaired) electrons. The summed E-state index contributed by atoms with van der Waals surface area (Å²) in [4.78, 5) is 4.41. The van der Waals surface area contributed by atoms with Crippen molar-refractivity contribution >= 4 is 0 Å². The molecule has 1 aromatic heterocycles. The zero-order valence-electron chi connectivity index (χ0n) is 11.6. The van der Waals surface area contributed by atoms with Crippen LogP contribution >= 0.6 is 0 Å². The fraction of sp³-hybridized carbons (Fsp3) is 0.176. The summed E-state index contributed by atoms with van der Waals surface area (Å²) in [5.74, 6) is 1.25. The zero-order chi connectivity index (χ0) is 14.5. The number of hydrogen-bond donors (Lipinski definition) is 1. The van der Waals surface area contributed by atoms with E-state index in [4.69, 9.17) is 10.3 Å². The highest BCUT2D eigenvalue weighted by Gasteiger charge is 2.11. The van der Waals surface area contributed by atoms with Gasteiger partial charge in [0.15, 0.2) is 0 Å². The molecule has 0 aliphatic carbocycles. The molecule has 0 aliphatic rings. The number of hydrogen-bond acceptors (Lipinski definition) is 4. The molecule has 2 N–H and O–H groups in total. The van der Waals surface area contributed by atoms with Gasteiger partial charge >= 0.3 is 0 Å². The summed E-state index contributed by atoms with van der Waals surface area (Å²) in [6.45, 7) is 0. The molecule has 3 aromatic rings. The van der Waals surface area contributed by atoms with Gasteiger partial charge in [-0.3, -0.25) is 0 Å². The van der Waals surface area contributed by atoms with Gasteiger partial charge in [-0.1, -0.05) is 65.8 Å². The normalized spacial score (nSPS) is 12.2. The van der Waals surface area contributed by atoms with Crippen molar-refractivity contribution in [2.24, 2.45) is 5.73 Å². The monoisotopic (exact) mass is 279 g/mol. The first-order valence-corrected chi connectivity index (χ1v) is 7.01. The fourth-order valence-electron chi connectivity index (χ4n) is 2.21. The van der Waals surface area contributed by atoms with Crippen molar-refractivity contribution < 1.29 is 4.52 Å². The number of aromatic nitrogens is 2. The van der Waals surface area contributed by atoms with Crippen LogP contribution in [0.2, 0.25) is 0 Å². The van der Waals surface area contributed by atoms with Gasteiger partial charge in [-0.05, 0) is 12.0 Å². The summed E-state index contributed by atoms with van der Waals surface area (Å²) in [6, 6.07) is 19.8. The van der Waals surface area contributed by atoms with Crippen LogP contribution in [0, 0.1) is 0 Å². The first-order chi connectivity index (χ1) is 10.3. The molecule has 0 aliphatic heterocycles. The van der Waals surface area contributed by atoms with E-state index in [0.717, 1.165) is 17.5 Å². The van der Waals surface area contributed by atoms with Crippen LogP contribution in [-0.2, 0) is 6.42 Å². The second kappa shape index (κ2) is 6.33. The summed E-state index contributed by atoms with van der Waals surface area (Å²) < 4.78 is 5.29. The maximum atomic E-state index is 6.17. The Morgan fingerprint density at radius 2 is 1.62 bits per heavy atom. The number of nitrogens with zero attached hydrogens (tertiary/aromatic N) is 2. The summed E-state index contributed by atoms with van der Waals surface area (Å²) in [7, 11) is 0. The van der Waals surface area contributed by atoms with Gasteiger partial charge < -0.3 is 10.3 Å². The van der Waals surface area contributed by atoms with Crippen LogP contribution in [0.5, 0.6) is 0 Å². The Morgan fingerprint density at radius 1 is 0.952 bits per heavy atom. The molecule has 1 unspecified atom stereocenters. The Labute approximate surface area is 123 Å². The Hall–Kier alpha value is -2.46. The molecule has 0 bridgehead atoms. The van der Waals surface area contributed by atoms with Crippen LogP contribution in [-0.4, -0.2) is 10.1 Å². The molecule has 0 spiro atoms. The number of benzene rings is 2. The zero-order valence-corrected chi connectivity index (χ0v) is 11.6. The third-order valence-electron chi connectivity index (χ3n) is 3.40. The SMILES string of the molecule is NC(CCc1nc(-c2ccccc2)no1)c1ccccc1. The lowest BCUT2D eigenvalue weighted by atomic mass is 10.0. The molecule has 0 amide bonds. The van der Waals surface area contributed by atoms with Crippen LogP contribution in [0.25, 0.3) is 11.4 Å². The lowest BCUT2D eigenvalue weighted by Gasteiger charge is -2.09. The van der Waals surface area contributed by atoms with E-state index in [9.17, 15) is 0 Å². The Kier molecular flexibility index (Phi) is 4.07. The molecular formula is C17H17N3O. The van der Waals surface area contributed by atoms with Crippen LogP contribution in [0.1, 0.15) is 23.9 Å². The first-order valence-electron chi connectivity index (χ1n) is 7.01. The van der Waals surface area contributed by atoms with E-state index in [1.165, 1.54) is 0 Å². The van der Waals surface area contributed by atoms with Crippen molar-refractivity contribution in [3.8, 4) is 11.4 Å². The molecule has 106 valence electrons. The summed E-state index contributed by atoms with van der Waals surface area (Å²) in [5.41, 5.74) is 8.25. The van der Waals surface area contributed by atoms with Crippen molar-refractivity contribution in [1.29, 1.82) is 0 Å². The smallest absolute Gasteiger partial charge is 0.227 e. The van der Waals surface area contributed by atoms with Gasteiger partial charge in [0.2, 0.25) is 11.7 Å². The molecule has 2 aromatic carbocycles. The van der Waals surface area contributed by atoms with Gasteiger partial charge in [-0.15, -0.1) is 0 Å². The molecule has 0 fully saturated rings. The lowest BCUT2D eigenvalue weighted by Crippen LogP contribution is -2.11. The van der Waals surface area contributed by atoms with Gasteiger partial charge in [0, 0.05) is 18.0 Å². The number of nitrogens with two attached hydrogens (primary N) is 1. The largest absolute Gasteiger partial charge is 0.339 e. The molecule has 21 heavy (non-hydrogen) atoms. The predicted molar refractivity (Wildman–Crippen MR) is 81.4 cm³/mol. The van der Waals surface area contributed by atoms with Gasteiger partial charge in [0.1, 0.15) is 0 Å². The van der Waals surface area contributed by atoms with Crippen LogP contribution in [0.4, 0.5) is 0 Å². The Balaban J connectivity index is 1.63. The predicted octanol–water partition coefficient (Wildman–Crippen LogP) is 3.37. The molecular weight excluding hydrogens is 262 g/mol. The van der Waals surface area contributed by atoms with E-state index >= 15 is 0 Å². The van der Waals surface area contributed by atoms with Crippen LogP contribution in [0.15, 0.2) is 65.2 Å². The Bertz CT molecular complexity index is 680. The maximum absolute atomic E-state index is 6.17. The third kappa shape index (κ3) is 3.35. The van der Waals surface area contributed by atoms with E-state index < -0.39 is 0 Å². The highest BCUT2D eigenvalue weighted by molar-refractivity contribution is 5.53. The summed E-state index contributed by atoms with van der Waals surface area (Å²) in [5, 5.41) is 4.01. The van der Waals surface area contributed by atoms with E-state index in [1.807, 2.05) is 60.7 Å². The first kappa shape index (κ1) is 13.5. The second-order valence-electron chi connectivity index (χ2n) is 4.93. The molecule has 4 heteroatoms. The van der Waals surface area contributed by atoms with Crippen LogP contribution in [0.3, 0.4) is 0 Å². The lowest BCUT2D eigenvalue weighted by molar-refractivity contribution is 0.372. The van der Waals surface area contributed by atoms with Crippen LogP contribution < -0.4 is 5.73 Å².